The maximum atomic E-state index is 10.6. The van der Waals surface area contributed by atoms with Crippen LogP contribution in [0.2, 0.25) is 5.82 Å². The smallest absolute Gasteiger partial charge is 0.464 e. The second-order valence-corrected chi connectivity index (χ2v) is 5.57. The third kappa shape index (κ3) is 1.70. The van der Waals surface area contributed by atoms with Crippen molar-refractivity contribution in [2.45, 2.75) is 44.7 Å². The first kappa shape index (κ1) is 11.7. The molecule has 0 aromatic rings. The predicted octanol–water partition coefficient (Wildman–Crippen LogP) is 1.44. The van der Waals surface area contributed by atoms with Crippen molar-refractivity contribution in [3.8, 4) is 0 Å². The number of hydrogen-bond donors (Lipinski definition) is 1. The molecule has 0 spiro atoms. The topological polar surface area (TPSA) is 59.0 Å². The van der Waals surface area contributed by atoms with Crippen LogP contribution in [-0.2, 0) is 9.31 Å². The molecule has 16 heavy (non-hydrogen) atoms. The highest BCUT2D eigenvalue weighted by Gasteiger charge is 2.56. The largest absolute Gasteiger partial charge is 0.465 e. The lowest BCUT2D eigenvalue weighted by Gasteiger charge is -2.37. The summed E-state index contributed by atoms with van der Waals surface area (Å²) in [7, 11) is -0.277. The van der Waals surface area contributed by atoms with Crippen LogP contribution in [0.25, 0.3) is 0 Å². The van der Waals surface area contributed by atoms with Crippen molar-refractivity contribution >= 4 is 13.2 Å². The number of amides is 1. The van der Waals surface area contributed by atoms with E-state index in [1.807, 2.05) is 27.7 Å². The van der Waals surface area contributed by atoms with E-state index in [9.17, 15) is 4.79 Å². The van der Waals surface area contributed by atoms with Gasteiger partial charge in [-0.2, -0.15) is 0 Å². The number of carboxylic acid groups (broad SMARTS) is 1. The Morgan fingerprint density at radius 1 is 1.25 bits per heavy atom. The van der Waals surface area contributed by atoms with Crippen LogP contribution in [0.4, 0.5) is 4.79 Å². The van der Waals surface area contributed by atoms with Gasteiger partial charge in [-0.1, -0.05) is 0 Å². The second-order valence-electron chi connectivity index (χ2n) is 5.57. The summed E-state index contributed by atoms with van der Waals surface area (Å²) in [5.74, 6) is 0.164. The standard InChI is InChI=1S/C10H18BNO4/c1-9(2)10(3,4)16-11(15-9)7-5-12(6-7)8(13)14/h7H,5-6H2,1-4H3,(H,13,14). The quantitative estimate of drug-likeness (QED) is 0.688. The minimum Gasteiger partial charge on any atom is -0.465 e. The number of hydrogen-bond acceptors (Lipinski definition) is 3. The first-order valence-electron chi connectivity index (χ1n) is 5.56. The monoisotopic (exact) mass is 227 g/mol. The molecule has 2 heterocycles. The van der Waals surface area contributed by atoms with Crippen molar-refractivity contribution in [3.63, 3.8) is 0 Å². The van der Waals surface area contributed by atoms with Gasteiger partial charge in [-0.05, 0) is 27.7 Å². The van der Waals surface area contributed by atoms with Crippen molar-refractivity contribution in [1.29, 1.82) is 0 Å². The molecule has 0 radical (unpaired) electrons. The Bertz CT molecular complexity index is 296. The lowest BCUT2D eigenvalue weighted by molar-refractivity contribution is 0.00578. The van der Waals surface area contributed by atoms with Gasteiger partial charge in [-0.15, -0.1) is 0 Å². The lowest BCUT2D eigenvalue weighted by atomic mass is 9.67. The molecule has 2 aliphatic rings. The van der Waals surface area contributed by atoms with Crippen LogP contribution in [0, 0.1) is 0 Å². The lowest BCUT2D eigenvalue weighted by Crippen LogP contribution is -2.52. The molecule has 0 aromatic carbocycles. The van der Waals surface area contributed by atoms with E-state index < -0.39 is 6.09 Å². The molecular weight excluding hydrogens is 209 g/mol. The van der Waals surface area contributed by atoms with Gasteiger partial charge < -0.3 is 19.3 Å². The zero-order chi connectivity index (χ0) is 12.1. The van der Waals surface area contributed by atoms with Gasteiger partial charge in [-0.25, -0.2) is 4.79 Å². The van der Waals surface area contributed by atoms with Gasteiger partial charge in [0.15, 0.2) is 0 Å². The molecule has 6 heteroatoms. The normalized spacial score (nSPS) is 28.0. The van der Waals surface area contributed by atoms with E-state index in [0.29, 0.717) is 13.1 Å². The molecule has 1 amide bonds. The molecule has 0 aromatic heterocycles. The van der Waals surface area contributed by atoms with E-state index in [0.717, 1.165) is 0 Å². The van der Waals surface area contributed by atoms with E-state index in [-0.39, 0.29) is 24.1 Å². The molecule has 2 saturated heterocycles. The summed E-state index contributed by atoms with van der Waals surface area (Å²) in [6.45, 7) is 9.01. The summed E-state index contributed by atoms with van der Waals surface area (Å²) in [5.41, 5.74) is -0.664. The highest BCUT2D eigenvalue weighted by Crippen LogP contribution is 2.42. The molecule has 90 valence electrons. The Hall–Kier alpha value is -0.745. The fourth-order valence-electron chi connectivity index (χ4n) is 1.92. The van der Waals surface area contributed by atoms with Gasteiger partial charge in [0.1, 0.15) is 0 Å². The molecule has 2 aliphatic heterocycles. The number of likely N-dealkylation sites (tertiary alicyclic amines) is 1. The molecule has 0 atom stereocenters. The average Bonchev–Trinajstić information content (AvgIpc) is 2.15. The summed E-state index contributed by atoms with van der Waals surface area (Å²) in [5, 5.41) is 8.74. The SMILES string of the molecule is CC1(C)OB(C2CN(C(=O)O)C2)OC1(C)C. The van der Waals surface area contributed by atoms with Gasteiger partial charge >= 0.3 is 13.2 Å². The van der Waals surface area contributed by atoms with Gasteiger partial charge in [-0.3, -0.25) is 0 Å². The molecule has 0 saturated carbocycles. The summed E-state index contributed by atoms with van der Waals surface area (Å²) in [6.07, 6.45) is -0.868. The summed E-state index contributed by atoms with van der Waals surface area (Å²) < 4.78 is 11.7. The second kappa shape index (κ2) is 3.37. The third-order valence-electron chi connectivity index (χ3n) is 3.84. The Labute approximate surface area is 95.8 Å². The minimum atomic E-state index is -0.868. The van der Waals surface area contributed by atoms with Crippen molar-refractivity contribution in [1.82, 2.24) is 4.90 Å². The van der Waals surface area contributed by atoms with Gasteiger partial charge in [0, 0.05) is 18.9 Å². The van der Waals surface area contributed by atoms with E-state index in [1.54, 1.807) is 0 Å². The first-order chi connectivity index (χ1) is 7.23. The van der Waals surface area contributed by atoms with Crippen LogP contribution in [0.5, 0.6) is 0 Å². The molecule has 0 aliphatic carbocycles. The van der Waals surface area contributed by atoms with E-state index in [1.165, 1.54) is 4.90 Å². The molecule has 2 rings (SSSR count). The average molecular weight is 227 g/mol. The molecule has 2 fully saturated rings. The van der Waals surface area contributed by atoms with Crippen LogP contribution < -0.4 is 0 Å². The fourth-order valence-corrected chi connectivity index (χ4v) is 1.92. The Balaban J connectivity index is 1.94. The Morgan fingerprint density at radius 3 is 2.06 bits per heavy atom. The highest BCUT2D eigenvalue weighted by atomic mass is 16.7. The van der Waals surface area contributed by atoms with Crippen LogP contribution in [-0.4, -0.2) is 47.5 Å². The molecule has 0 bridgehead atoms. The first-order valence-corrected chi connectivity index (χ1v) is 5.56. The third-order valence-corrected chi connectivity index (χ3v) is 3.84. The summed E-state index contributed by atoms with van der Waals surface area (Å²) >= 11 is 0. The molecule has 5 nitrogen and oxygen atoms in total. The minimum absolute atomic E-state index is 0.164. The van der Waals surface area contributed by atoms with Crippen molar-refractivity contribution in [3.05, 3.63) is 0 Å². The predicted molar refractivity (Wildman–Crippen MR) is 59.4 cm³/mol. The molecular formula is C10H18BNO4. The fraction of sp³-hybridized carbons (Fsp3) is 0.900. The van der Waals surface area contributed by atoms with E-state index in [4.69, 9.17) is 14.4 Å². The van der Waals surface area contributed by atoms with Gasteiger partial charge in [0.05, 0.1) is 11.2 Å². The Morgan fingerprint density at radius 2 is 1.69 bits per heavy atom. The van der Waals surface area contributed by atoms with Crippen LogP contribution in [0.3, 0.4) is 0 Å². The number of carbonyl (C=O) groups is 1. The summed E-state index contributed by atoms with van der Waals surface area (Å²) in [6, 6.07) is 0. The van der Waals surface area contributed by atoms with E-state index in [2.05, 4.69) is 0 Å². The van der Waals surface area contributed by atoms with Crippen LogP contribution in [0.1, 0.15) is 27.7 Å². The Kier molecular flexibility index (Phi) is 2.47. The maximum absolute atomic E-state index is 10.6. The van der Waals surface area contributed by atoms with Crippen molar-refractivity contribution < 1.29 is 19.2 Å². The van der Waals surface area contributed by atoms with Crippen molar-refractivity contribution in [2.75, 3.05) is 13.1 Å². The van der Waals surface area contributed by atoms with Gasteiger partial charge in [0.2, 0.25) is 0 Å². The van der Waals surface area contributed by atoms with Gasteiger partial charge in [0.25, 0.3) is 0 Å². The maximum Gasteiger partial charge on any atom is 0.464 e. The number of rotatable bonds is 1. The molecule has 1 N–H and O–H groups in total. The van der Waals surface area contributed by atoms with Crippen LogP contribution in [0.15, 0.2) is 0 Å². The summed E-state index contributed by atoms with van der Waals surface area (Å²) in [4.78, 5) is 12.0. The number of nitrogens with zero attached hydrogens (tertiary/aromatic N) is 1. The van der Waals surface area contributed by atoms with Crippen molar-refractivity contribution in [2.24, 2.45) is 0 Å². The van der Waals surface area contributed by atoms with E-state index >= 15 is 0 Å². The molecule has 0 unspecified atom stereocenters. The zero-order valence-electron chi connectivity index (χ0n) is 10.2. The highest BCUT2D eigenvalue weighted by molar-refractivity contribution is 6.48. The van der Waals surface area contributed by atoms with Crippen LogP contribution >= 0.6 is 0 Å². The zero-order valence-corrected chi connectivity index (χ0v) is 10.2.